The molecule has 2 aliphatic carbocycles. The second-order valence-electron chi connectivity index (χ2n) is 11.0. The van der Waals surface area contributed by atoms with Crippen LogP contribution in [0, 0.1) is 5.92 Å². The van der Waals surface area contributed by atoms with Gasteiger partial charge in [0.15, 0.2) is 5.82 Å². The van der Waals surface area contributed by atoms with Gasteiger partial charge in [-0.25, -0.2) is 0 Å². The molecule has 8 nitrogen and oxygen atoms in total. The molecule has 2 heterocycles. The molecule has 0 aliphatic heterocycles. The van der Waals surface area contributed by atoms with E-state index in [-0.39, 0.29) is 5.95 Å². The number of aromatic nitrogens is 5. The summed E-state index contributed by atoms with van der Waals surface area (Å²) in [7, 11) is 0. The van der Waals surface area contributed by atoms with Crippen LogP contribution in [-0.2, 0) is 25.7 Å². The summed E-state index contributed by atoms with van der Waals surface area (Å²) in [4.78, 5) is 4.47. The molecule has 1 atom stereocenters. The van der Waals surface area contributed by atoms with Gasteiger partial charge in [-0.2, -0.15) is 9.67 Å². The molecule has 196 valence electrons. The summed E-state index contributed by atoms with van der Waals surface area (Å²) in [6.07, 6.45) is 7.56. The van der Waals surface area contributed by atoms with Gasteiger partial charge in [-0.05, 0) is 97.9 Å². The molecule has 0 spiro atoms. The molecule has 0 bridgehead atoms. The number of nitrogen functional groups attached to an aromatic ring is 1. The number of nitrogens with two attached hydrogens (primary N) is 1. The SMILES string of the molecule is CC(C)CN[C@H]1CCc2ccc(Nc3nc(N)n(-c4cc5c(nn4)-c4ccccc4CCC5)n3)cc2CC1. The van der Waals surface area contributed by atoms with E-state index in [1.165, 1.54) is 28.7 Å². The Morgan fingerprint density at radius 1 is 0.921 bits per heavy atom. The fraction of sp³-hybridized carbons (Fsp3) is 0.400. The summed E-state index contributed by atoms with van der Waals surface area (Å²) in [6, 6.07) is 17.6. The second-order valence-corrected chi connectivity index (χ2v) is 11.0. The lowest BCUT2D eigenvalue weighted by Gasteiger charge is -2.17. The van der Waals surface area contributed by atoms with Crippen molar-refractivity contribution in [2.75, 3.05) is 17.6 Å². The van der Waals surface area contributed by atoms with Crippen molar-refractivity contribution in [2.45, 2.75) is 64.8 Å². The number of fused-ring (bicyclic) bond motifs is 4. The molecule has 6 rings (SSSR count). The largest absolute Gasteiger partial charge is 0.368 e. The summed E-state index contributed by atoms with van der Waals surface area (Å²) < 4.78 is 1.57. The number of hydrogen-bond donors (Lipinski definition) is 3. The van der Waals surface area contributed by atoms with Crippen LogP contribution in [0.1, 0.15) is 55.4 Å². The number of anilines is 3. The van der Waals surface area contributed by atoms with E-state index in [0.717, 1.165) is 62.0 Å². The van der Waals surface area contributed by atoms with Gasteiger partial charge in [0.2, 0.25) is 11.9 Å². The van der Waals surface area contributed by atoms with Crippen LogP contribution in [0.5, 0.6) is 0 Å². The van der Waals surface area contributed by atoms with Gasteiger partial charge < -0.3 is 16.4 Å². The van der Waals surface area contributed by atoms with Gasteiger partial charge in [0.05, 0.1) is 5.69 Å². The van der Waals surface area contributed by atoms with Crippen molar-refractivity contribution in [3.05, 3.63) is 70.8 Å². The average Bonchev–Trinajstić information content (AvgIpc) is 3.06. The Bertz CT molecular complexity index is 1440. The lowest BCUT2D eigenvalue weighted by atomic mass is 10.0. The third kappa shape index (κ3) is 5.13. The highest BCUT2D eigenvalue weighted by Gasteiger charge is 2.20. The van der Waals surface area contributed by atoms with E-state index in [2.05, 4.69) is 87.2 Å². The molecule has 0 unspecified atom stereocenters. The molecule has 0 saturated heterocycles. The normalized spacial score (nSPS) is 16.8. The third-order valence-corrected chi connectivity index (χ3v) is 7.68. The average molecular weight is 509 g/mol. The number of hydrogen-bond acceptors (Lipinski definition) is 7. The first kappa shape index (κ1) is 24.6. The van der Waals surface area contributed by atoms with Crippen LogP contribution in [-0.4, -0.2) is 37.5 Å². The molecule has 2 aliphatic rings. The maximum Gasteiger partial charge on any atom is 0.248 e. The van der Waals surface area contributed by atoms with E-state index >= 15 is 0 Å². The summed E-state index contributed by atoms with van der Waals surface area (Å²) in [5, 5.41) is 20.8. The van der Waals surface area contributed by atoms with Crippen LogP contribution in [0.2, 0.25) is 0 Å². The summed E-state index contributed by atoms with van der Waals surface area (Å²) in [6.45, 7) is 5.60. The molecule has 0 saturated carbocycles. The highest BCUT2D eigenvalue weighted by Crippen LogP contribution is 2.31. The van der Waals surface area contributed by atoms with Crippen LogP contribution in [0.4, 0.5) is 17.6 Å². The first-order valence-corrected chi connectivity index (χ1v) is 13.8. The molecule has 4 aromatic rings. The number of nitrogens with zero attached hydrogens (tertiary/aromatic N) is 5. The standard InChI is InChI=1S/C30H36N8/c1-19(2)18-32-24-13-10-20-11-15-25(16-22(20)12-14-24)33-30-34-29(31)38(37-30)27-17-23-8-5-7-21-6-3-4-9-26(21)28(23)36-35-27/h3-4,6,9,11,15-17,19,24,32H,5,7-8,10,12-14,18H2,1-2H3,(H3,31,33,34,37)/t24-/m0/s1. The van der Waals surface area contributed by atoms with Gasteiger partial charge >= 0.3 is 0 Å². The van der Waals surface area contributed by atoms with Crippen LogP contribution >= 0.6 is 0 Å². The molecule has 38 heavy (non-hydrogen) atoms. The van der Waals surface area contributed by atoms with Crippen molar-refractivity contribution in [1.29, 1.82) is 0 Å². The topological polar surface area (TPSA) is 107 Å². The lowest BCUT2D eigenvalue weighted by molar-refractivity contribution is 0.428. The highest BCUT2D eigenvalue weighted by atomic mass is 15.4. The minimum Gasteiger partial charge on any atom is -0.368 e. The minimum absolute atomic E-state index is 0.282. The van der Waals surface area contributed by atoms with Crippen molar-refractivity contribution in [3.8, 4) is 17.1 Å². The molecule has 0 fully saturated rings. The van der Waals surface area contributed by atoms with E-state index in [1.807, 2.05) is 6.07 Å². The summed E-state index contributed by atoms with van der Waals surface area (Å²) in [5.74, 6) is 1.99. The smallest absolute Gasteiger partial charge is 0.248 e. The molecule has 0 radical (unpaired) electrons. The van der Waals surface area contributed by atoms with Crippen molar-refractivity contribution in [3.63, 3.8) is 0 Å². The Kier molecular flexibility index (Phi) is 6.81. The number of aryl methyl sites for hydroxylation is 4. The van der Waals surface area contributed by atoms with Crippen LogP contribution in [0.3, 0.4) is 0 Å². The van der Waals surface area contributed by atoms with Crippen LogP contribution < -0.4 is 16.4 Å². The van der Waals surface area contributed by atoms with Gasteiger partial charge in [0.1, 0.15) is 0 Å². The molecule has 8 heteroatoms. The molecular weight excluding hydrogens is 472 g/mol. The number of nitrogens with one attached hydrogen (secondary N) is 2. The minimum atomic E-state index is 0.282. The zero-order chi connectivity index (χ0) is 26.1. The predicted octanol–water partition coefficient (Wildman–Crippen LogP) is 5.03. The highest BCUT2D eigenvalue weighted by molar-refractivity contribution is 5.68. The van der Waals surface area contributed by atoms with Gasteiger partial charge in [0.25, 0.3) is 0 Å². The molecule has 2 aromatic carbocycles. The Balaban J connectivity index is 1.19. The van der Waals surface area contributed by atoms with Gasteiger partial charge in [0, 0.05) is 17.3 Å². The zero-order valence-electron chi connectivity index (χ0n) is 22.2. The fourth-order valence-corrected chi connectivity index (χ4v) is 5.64. The van der Waals surface area contributed by atoms with Crippen molar-refractivity contribution in [1.82, 2.24) is 30.3 Å². The molecule has 0 amide bonds. The maximum atomic E-state index is 6.28. The summed E-state index contributed by atoms with van der Waals surface area (Å²) >= 11 is 0. The Hall–Kier alpha value is -3.78. The maximum absolute atomic E-state index is 6.28. The van der Waals surface area contributed by atoms with E-state index in [1.54, 1.807) is 4.68 Å². The molecule has 2 aromatic heterocycles. The summed E-state index contributed by atoms with van der Waals surface area (Å²) in [5.41, 5.74) is 14.7. The van der Waals surface area contributed by atoms with Crippen LogP contribution in [0.25, 0.3) is 17.1 Å². The quantitative estimate of drug-likeness (QED) is 0.314. The van der Waals surface area contributed by atoms with Gasteiger partial charge in [-0.3, -0.25) is 0 Å². The Morgan fingerprint density at radius 2 is 1.74 bits per heavy atom. The monoisotopic (exact) mass is 508 g/mol. The first-order chi connectivity index (χ1) is 18.5. The lowest BCUT2D eigenvalue weighted by Crippen LogP contribution is -2.32. The molecular formula is C30H36N8. The Morgan fingerprint density at radius 3 is 2.61 bits per heavy atom. The first-order valence-electron chi connectivity index (χ1n) is 13.8. The van der Waals surface area contributed by atoms with E-state index in [0.29, 0.717) is 23.7 Å². The van der Waals surface area contributed by atoms with E-state index < -0.39 is 0 Å². The number of rotatable bonds is 6. The molecule has 4 N–H and O–H groups in total. The van der Waals surface area contributed by atoms with E-state index in [4.69, 9.17) is 5.73 Å². The second kappa shape index (κ2) is 10.5. The van der Waals surface area contributed by atoms with Crippen molar-refractivity contribution < 1.29 is 0 Å². The third-order valence-electron chi connectivity index (χ3n) is 7.68. The van der Waals surface area contributed by atoms with Crippen molar-refractivity contribution >= 4 is 17.6 Å². The fourth-order valence-electron chi connectivity index (χ4n) is 5.64. The number of benzene rings is 2. The zero-order valence-corrected chi connectivity index (χ0v) is 22.2. The van der Waals surface area contributed by atoms with Gasteiger partial charge in [-0.15, -0.1) is 15.3 Å². The predicted molar refractivity (Wildman–Crippen MR) is 152 cm³/mol. The van der Waals surface area contributed by atoms with Crippen LogP contribution in [0.15, 0.2) is 48.5 Å². The van der Waals surface area contributed by atoms with E-state index in [9.17, 15) is 0 Å². The van der Waals surface area contributed by atoms with Crippen molar-refractivity contribution in [2.24, 2.45) is 5.92 Å². The van der Waals surface area contributed by atoms with Gasteiger partial charge in [-0.1, -0.05) is 44.2 Å². The Labute approximate surface area is 224 Å².